The van der Waals surface area contributed by atoms with E-state index in [2.05, 4.69) is 57.1 Å². The number of carbonyl (C=O) groups is 1. The first kappa shape index (κ1) is 35.5. The fraction of sp³-hybridized carbons (Fsp3) is 0.436. The Morgan fingerprint density at radius 2 is 1.84 bits per heavy atom. The minimum absolute atomic E-state index is 0.0117. The number of nitrogens with zero attached hydrogens (tertiary/aromatic N) is 5. The molecule has 0 bridgehead atoms. The van der Waals surface area contributed by atoms with Crippen LogP contribution in [0.25, 0.3) is 16.6 Å². The van der Waals surface area contributed by atoms with Crippen molar-refractivity contribution in [1.29, 1.82) is 0 Å². The van der Waals surface area contributed by atoms with E-state index in [-0.39, 0.29) is 23.3 Å². The van der Waals surface area contributed by atoms with Gasteiger partial charge in [-0.05, 0) is 75.9 Å². The number of fused-ring (bicyclic) bond motifs is 1. The fourth-order valence-corrected chi connectivity index (χ4v) is 7.84. The van der Waals surface area contributed by atoms with Crippen molar-refractivity contribution in [3.8, 4) is 5.69 Å². The Hall–Kier alpha value is -4.35. The number of para-hydroxylation sites is 2. The summed E-state index contributed by atoms with van der Waals surface area (Å²) in [6, 6.07) is 16.5. The molecule has 1 amide bonds. The first-order valence-electron chi connectivity index (χ1n) is 17.9. The van der Waals surface area contributed by atoms with E-state index in [1.54, 1.807) is 0 Å². The molecule has 11 heteroatoms. The fourth-order valence-electron chi connectivity index (χ4n) is 7.02. The number of amides is 1. The van der Waals surface area contributed by atoms with Gasteiger partial charge in [-0.3, -0.25) is 14.2 Å². The molecule has 0 unspecified atom stereocenters. The predicted octanol–water partition coefficient (Wildman–Crippen LogP) is 7.00. The van der Waals surface area contributed by atoms with Crippen LogP contribution in [0, 0.1) is 26.2 Å². The summed E-state index contributed by atoms with van der Waals surface area (Å²) < 4.78 is 12.7. The molecule has 1 spiro atoms. The van der Waals surface area contributed by atoms with Gasteiger partial charge in [-0.15, -0.1) is 0 Å². The third kappa shape index (κ3) is 6.98. The average molecular weight is 696 g/mol. The van der Waals surface area contributed by atoms with Gasteiger partial charge >= 0.3 is 0 Å². The molecule has 2 N–H and O–H groups in total. The van der Waals surface area contributed by atoms with E-state index in [0.29, 0.717) is 30.0 Å². The molecule has 10 nitrogen and oxygen atoms in total. The molecular weight excluding hydrogens is 647 g/mol. The second kappa shape index (κ2) is 15.3. The Labute approximate surface area is 298 Å². The maximum atomic E-state index is 14.3. The van der Waals surface area contributed by atoms with Gasteiger partial charge in [0.05, 0.1) is 29.1 Å². The quantitative estimate of drug-likeness (QED) is 0.142. The molecule has 5 heterocycles. The van der Waals surface area contributed by atoms with E-state index >= 15 is 0 Å². The van der Waals surface area contributed by atoms with Crippen LogP contribution in [0.2, 0.25) is 0 Å². The number of aromatic nitrogens is 4. The van der Waals surface area contributed by atoms with E-state index in [4.69, 9.17) is 9.51 Å². The van der Waals surface area contributed by atoms with Crippen LogP contribution in [0.15, 0.2) is 68.9 Å². The third-order valence-corrected chi connectivity index (χ3v) is 10.9. The third-order valence-electron chi connectivity index (χ3n) is 10.0. The predicted molar refractivity (Wildman–Crippen MR) is 201 cm³/mol. The highest BCUT2D eigenvalue weighted by atomic mass is 32.2. The molecule has 264 valence electrons. The largest absolute Gasteiger partial charge is 0.359 e. The number of hydrogen-bond donors (Lipinski definition) is 2. The van der Waals surface area contributed by atoms with Crippen molar-refractivity contribution in [1.82, 2.24) is 29.5 Å². The van der Waals surface area contributed by atoms with Crippen molar-refractivity contribution in [2.24, 2.45) is 5.41 Å². The summed E-state index contributed by atoms with van der Waals surface area (Å²) in [7, 11) is 0. The molecule has 2 saturated heterocycles. The average Bonchev–Trinajstić information content (AvgIpc) is 3.84. The Bertz CT molecular complexity index is 2030. The van der Waals surface area contributed by atoms with Crippen LogP contribution < -0.4 is 15.6 Å². The Kier molecular flexibility index (Phi) is 10.8. The molecule has 2 fully saturated rings. The minimum Gasteiger partial charge on any atom is -0.359 e. The number of anilines is 1. The molecule has 5 aromatic rings. The number of nitrogens with one attached hydrogen (secondary N) is 2. The van der Waals surface area contributed by atoms with Gasteiger partial charge in [-0.25, -0.2) is 4.98 Å². The maximum Gasteiger partial charge on any atom is 0.257 e. The van der Waals surface area contributed by atoms with Crippen molar-refractivity contribution >= 4 is 34.6 Å². The Balaban J connectivity index is 0.00000212. The van der Waals surface area contributed by atoms with Gasteiger partial charge in [0.15, 0.2) is 5.82 Å². The monoisotopic (exact) mass is 695 g/mol. The summed E-state index contributed by atoms with van der Waals surface area (Å²) in [5, 5.41) is 8.65. The van der Waals surface area contributed by atoms with Gasteiger partial charge in [0.25, 0.3) is 5.56 Å². The van der Waals surface area contributed by atoms with Crippen LogP contribution >= 0.6 is 11.9 Å². The van der Waals surface area contributed by atoms with Crippen LogP contribution in [0.1, 0.15) is 74.0 Å². The summed E-state index contributed by atoms with van der Waals surface area (Å²) >= 11 is 1.48. The van der Waals surface area contributed by atoms with Crippen LogP contribution in [0.4, 0.5) is 5.82 Å². The number of likely N-dealkylation sites (tertiary alicyclic amines) is 1. The first-order valence-corrected chi connectivity index (χ1v) is 18.7. The van der Waals surface area contributed by atoms with Crippen LogP contribution in [0.5, 0.6) is 0 Å². The van der Waals surface area contributed by atoms with Gasteiger partial charge in [0.1, 0.15) is 11.6 Å². The highest BCUT2D eigenvalue weighted by Gasteiger charge is 2.46. The number of rotatable bonds is 11. The normalized spacial score (nSPS) is 14.9. The van der Waals surface area contributed by atoms with Gasteiger partial charge in [0, 0.05) is 59.9 Å². The van der Waals surface area contributed by atoms with Gasteiger partial charge in [-0.1, -0.05) is 62.7 Å². The summed E-state index contributed by atoms with van der Waals surface area (Å²) in [5.41, 5.74) is 5.30. The molecule has 2 aliphatic heterocycles. The minimum atomic E-state index is -0.116. The van der Waals surface area contributed by atoms with Crippen LogP contribution in [0.3, 0.4) is 0 Å². The molecule has 0 saturated carbocycles. The zero-order chi connectivity index (χ0) is 35.4. The SMILES string of the molecule is CC.CCCCc1nc(C)c(CC(=O)N2CC3(CCNC3)C2)c(=O)n1Cc1cn(-c2ccccc2SNc2noc(C)c2C)c2ccccc12. The standard InChI is InChI=1S/C37H43N7O3S.C2H6/c1-5-6-15-33-39-25(3)29(18-34(45)42-22-37(23-42)16-17-38-21-37)36(46)44(33)20-27-19-43(30-12-8-7-11-28(27)30)31-13-9-10-14-32(31)48-41-35-24(2)26(4)47-40-35;1-2/h7-14,19,38H,5-6,15-18,20-23H2,1-4H3,(H,40,41);1-2H3. The van der Waals surface area contributed by atoms with Gasteiger partial charge < -0.3 is 24.0 Å². The van der Waals surface area contributed by atoms with Crippen molar-refractivity contribution in [3.05, 3.63) is 99.1 Å². The van der Waals surface area contributed by atoms with Crippen molar-refractivity contribution in [3.63, 3.8) is 0 Å². The lowest BCUT2D eigenvalue weighted by Crippen LogP contribution is -2.59. The van der Waals surface area contributed by atoms with E-state index in [1.807, 2.05) is 68.4 Å². The molecule has 2 aliphatic rings. The zero-order valence-electron chi connectivity index (χ0n) is 30.1. The number of carbonyl (C=O) groups excluding carboxylic acids is 1. The van der Waals surface area contributed by atoms with E-state index in [9.17, 15) is 9.59 Å². The highest BCUT2D eigenvalue weighted by Crippen LogP contribution is 2.36. The topological polar surface area (TPSA) is 110 Å². The lowest BCUT2D eigenvalue weighted by molar-refractivity contribution is -0.141. The molecular formula is C39H49N7O3S. The highest BCUT2D eigenvalue weighted by molar-refractivity contribution is 8.00. The van der Waals surface area contributed by atoms with E-state index < -0.39 is 0 Å². The van der Waals surface area contributed by atoms with Crippen LogP contribution in [-0.4, -0.2) is 56.3 Å². The summed E-state index contributed by atoms with van der Waals surface area (Å²) in [6.45, 7) is 15.8. The smallest absolute Gasteiger partial charge is 0.257 e. The second-order valence-corrected chi connectivity index (χ2v) is 14.2. The molecule has 0 atom stereocenters. The van der Waals surface area contributed by atoms with E-state index in [0.717, 1.165) is 89.6 Å². The van der Waals surface area contributed by atoms with Gasteiger partial charge in [0.2, 0.25) is 5.91 Å². The lowest BCUT2D eigenvalue weighted by Gasteiger charge is -2.47. The van der Waals surface area contributed by atoms with Gasteiger partial charge in [-0.2, -0.15) is 0 Å². The second-order valence-electron chi connectivity index (χ2n) is 13.4. The summed E-state index contributed by atoms with van der Waals surface area (Å²) in [6.07, 6.45) is 5.94. The number of unbranched alkanes of at least 4 members (excludes halogenated alkanes) is 1. The maximum absolute atomic E-state index is 14.3. The molecule has 0 aliphatic carbocycles. The molecule has 0 radical (unpaired) electrons. The Morgan fingerprint density at radius 1 is 1.08 bits per heavy atom. The summed E-state index contributed by atoms with van der Waals surface area (Å²) in [5.74, 6) is 2.27. The zero-order valence-corrected chi connectivity index (χ0v) is 31.0. The molecule has 2 aromatic carbocycles. The molecule has 7 rings (SSSR count). The Morgan fingerprint density at radius 3 is 2.56 bits per heavy atom. The van der Waals surface area contributed by atoms with Crippen LogP contribution in [-0.2, 0) is 24.2 Å². The van der Waals surface area contributed by atoms with E-state index in [1.165, 1.54) is 11.9 Å². The van der Waals surface area contributed by atoms with Crippen molar-refractivity contribution in [2.75, 3.05) is 30.9 Å². The number of benzene rings is 2. The molecule has 3 aromatic heterocycles. The number of hydrogen-bond acceptors (Lipinski definition) is 8. The molecule has 50 heavy (non-hydrogen) atoms. The lowest BCUT2D eigenvalue weighted by atomic mass is 9.79. The van der Waals surface area contributed by atoms with Crippen molar-refractivity contribution in [2.45, 2.75) is 85.1 Å². The van der Waals surface area contributed by atoms with Crippen molar-refractivity contribution < 1.29 is 9.32 Å². The summed E-state index contributed by atoms with van der Waals surface area (Å²) in [4.78, 5) is 35.6. The first-order chi connectivity index (χ1) is 24.3. The number of aryl methyl sites for hydroxylation is 3.